The van der Waals surface area contributed by atoms with Crippen LogP contribution in [0.1, 0.15) is 6.92 Å². The van der Waals surface area contributed by atoms with Crippen molar-refractivity contribution in [3.05, 3.63) is 67.1 Å². The molecule has 4 rings (SSSR count). The molecule has 0 saturated carbocycles. The van der Waals surface area contributed by atoms with Crippen molar-refractivity contribution in [3.8, 4) is 22.5 Å². The molecule has 128 valence electrons. The summed E-state index contributed by atoms with van der Waals surface area (Å²) in [6.45, 7) is 2.41. The van der Waals surface area contributed by atoms with Crippen molar-refractivity contribution < 1.29 is 4.79 Å². The largest absolute Gasteiger partial charge is 0.342 e. The maximum absolute atomic E-state index is 12.3. The fourth-order valence-electron chi connectivity index (χ4n) is 2.93. The molecule has 4 aromatic rings. The third-order valence-corrected chi connectivity index (χ3v) is 4.10. The van der Waals surface area contributed by atoms with E-state index in [-0.39, 0.29) is 6.03 Å². The Morgan fingerprint density at radius 2 is 1.85 bits per heavy atom. The van der Waals surface area contributed by atoms with Crippen molar-refractivity contribution in [2.45, 2.75) is 6.92 Å². The number of hydrogen-bond donors (Lipinski definition) is 1. The average Bonchev–Trinajstić information content (AvgIpc) is 3.14. The van der Waals surface area contributed by atoms with Gasteiger partial charge in [0.2, 0.25) is 0 Å². The molecule has 26 heavy (non-hydrogen) atoms. The Balaban J connectivity index is 1.96. The molecule has 0 aliphatic rings. The summed E-state index contributed by atoms with van der Waals surface area (Å²) in [5.41, 5.74) is 4.07. The number of aromatic nitrogens is 4. The second-order valence-electron chi connectivity index (χ2n) is 5.76. The second kappa shape index (κ2) is 6.76. The lowest BCUT2D eigenvalue weighted by Crippen LogP contribution is -2.28. The monoisotopic (exact) mass is 343 g/mol. The molecule has 1 N–H and O–H groups in total. The summed E-state index contributed by atoms with van der Waals surface area (Å²) in [4.78, 5) is 21.1. The average molecular weight is 343 g/mol. The highest BCUT2D eigenvalue weighted by atomic mass is 16.2. The molecule has 0 atom stereocenters. The Kier molecular flexibility index (Phi) is 4.15. The minimum atomic E-state index is -0.269. The van der Waals surface area contributed by atoms with Crippen molar-refractivity contribution in [1.82, 2.24) is 25.1 Å². The van der Waals surface area contributed by atoms with Gasteiger partial charge in [-0.05, 0) is 36.8 Å². The van der Waals surface area contributed by atoms with Crippen molar-refractivity contribution in [2.75, 3.05) is 6.54 Å². The van der Waals surface area contributed by atoms with E-state index >= 15 is 0 Å². The number of nitrogens with zero attached hydrogens (tertiary/aromatic N) is 4. The van der Waals surface area contributed by atoms with Crippen molar-refractivity contribution in [1.29, 1.82) is 0 Å². The van der Waals surface area contributed by atoms with E-state index in [1.807, 2.05) is 55.5 Å². The third kappa shape index (κ3) is 2.82. The van der Waals surface area contributed by atoms with Crippen LogP contribution in [0.3, 0.4) is 0 Å². The fourth-order valence-corrected chi connectivity index (χ4v) is 2.93. The molecule has 3 heterocycles. The number of hydrogen-bond acceptors (Lipinski definition) is 4. The number of carbonyl (C=O) groups excluding carboxylic acids is 1. The van der Waals surface area contributed by atoms with Crippen LogP contribution in [0.2, 0.25) is 0 Å². The number of carbonyl (C=O) groups is 1. The summed E-state index contributed by atoms with van der Waals surface area (Å²) in [7, 11) is 0. The van der Waals surface area contributed by atoms with Crippen LogP contribution in [0.5, 0.6) is 0 Å². The second-order valence-corrected chi connectivity index (χ2v) is 5.76. The first-order chi connectivity index (χ1) is 12.8. The molecule has 3 aromatic heterocycles. The van der Waals surface area contributed by atoms with E-state index in [0.717, 1.165) is 22.0 Å². The van der Waals surface area contributed by atoms with Gasteiger partial charge in [0.25, 0.3) is 0 Å². The molecule has 1 aromatic carbocycles. The Labute approximate surface area is 150 Å². The number of benzene rings is 1. The number of rotatable bonds is 3. The highest BCUT2D eigenvalue weighted by molar-refractivity contribution is 5.98. The number of pyridine rings is 2. The topological polar surface area (TPSA) is 72.7 Å². The number of amides is 1. The zero-order valence-electron chi connectivity index (χ0n) is 14.3. The van der Waals surface area contributed by atoms with Gasteiger partial charge in [0.05, 0.1) is 11.2 Å². The van der Waals surface area contributed by atoms with Crippen molar-refractivity contribution >= 4 is 16.9 Å². The lowest BCUT2D eigenvalue weighted by molar-refractivity contribution is 0.240. The van der Waals surface area contributed by atoms with Gasteiger partial charge in [-0.2, -0.15) is 9.78 Å². The predicted octanol–water partition coefficient (Wildman–Crippen LogP) is 3.74. The van der Waals surface area contributed by atoms with Crippen LogP contribution >= 0.6 is 0 Å². The van der Waals surface area contributed by atoms with Gasteiger partial charge >= 0.3 is 6.03 Å². The van der Waals surface area contributed by atoms with E-state index in [0.29, 0.717) is 17.9 Å². The molecule has 6 nitrogen and oxygen atoms in total. The summed E-state index contributed by atoms with van der Waals surface area (Å²) >= 11 is 0. The van der Waals surface area contributed by atoms with Crippen molar-refractivity contribution in [3.63, 3.8) is 0 Å². The summed E-state index contributed by atoms with van der Waals surface area (Å²) in [5.74, 6) is 0. The predicted molar refractivity (Wildman–Crippen MR) is 101 cm³/mol. The summed E-state index contributed by atoms with van der Waals surface area (Å²) in [6.07, 6.45) is 5.23. The van der Waals surface area contributed by atoms with Crippen LogP contribution in [-0.2, 0) is 0 Å². The van der Waals surface area contributed by atoms with Gasteiger partial charge in [-0.3, -0.25) is 9.97 Å². The Hall–Kier alpha value is -3.54. The molecular formula is C20H17N5O. The van der Waals surface area contributed by atoms with Gasteiger partial charge in [0.15, 0.2) is 0 Å². The van der Waals surface area contributed by atoms with E-state index in [1.54, 1.807) is 18.6 Å². The first-order valence-electron chi connectivity index (χ1n) is 8.41. The standard InChI is InChI=1S/C20H17N5O/c1-2-21-20(26)25-13-16(19(24-25)18-9-5-6-11-22-18)14-10-12-23-17-8-4-3-7-15(14)17/h3-13H,2H2,1H3,(H,21,26). The number of nitrogens with one attached hydrogen (secondary N) is 1. The Morgan fingerprint density at radius 3 is 2.65 bits per heavy atom. The van der Waals surface area contributed by atoms with Crippen LogP contribution in [0.25, 0.3) is 33.4 Å². The van der Waals surface area contributed by atoms with Gasteiger partial charge in [-0.25, -0.2) is 4.79 Å². The van der Waals surface area contributed by atoms with Crippen LogP contribution in [-0.4, -0.2) is 32.3 Å². The normalized spacial score (nSPS) is 10.8. The molecule has 6 heteroatoms. The van der Waals surface area contributed by atoms with E-state index in [1.165, 1.54) is 4.68 Å². The third-order valence-electron chi connectivity index (χ3n) is 4.10. The highest BCUT2D eigenvalue weighted by Gasteiger charge is 2.18. The quantitative estimate of drug-likeness (QED) is 0.615. The highest BCUT2D eigenvalue weighted by Crippen LogP contribution is 2.34. The summed E-state index contributed by atoms with van der Waals surface area (Å²) < 4.78 is 1.33. The molecule has 0 bridgehead atoms. The van der Waals surface area contributed by atoms with Crippen LogP contribution < -0.4 is 5.32 Å². The van der Waals surface area contributed by atoms with Gasteiger partial charge in [0.1, 0.15) is 5.69 Å². The van der Waals surface area contributed by atoms with Crippen LogP contribution in [0.15, 0.2) is 67.1 Å². The summed E-state index contributed by atoms with van der Waals surface area (Å²) in [5, 5.41) is 8.28. The molecule has 0 radical (unpaired) electrons. The zero-order valence-corrected chi connectivity index (χ0v) is 14.3. The van der Waals surface area contributed by atoms with Gasteiger partial charge in [0, 0.05) is 36.1 Å². The minimum Gasteiger partial charge on any atom is -0.336 e. The first-order valence-corrected chi connectivity index (χ1v) is 8.41. The van der Waals surface area contributed by atoms with E-state index < -0.39 is 0 Å². The number of para-hydroxylation sites is 1. The lowest BCUT2D eigenvalue weighted by Gasteiger charge is -2.06. The van der Waals surface area contributed by atoms with Gasteiger partial charge in [-0.15, -0.1) is 0 Å². The van der Waals surface area contributed by atoms with Gasteiger partial charge in [-0.1, -0.05) is 24.3 Å². The molecule has 0 aliphatic heterocycles. The van der Waals surface area contributed by atoms with E-state index in [9.17, 15) is 4.79 Å². The fraction of sp³-hybridized carbons (Fsp3) is 0.100. The maximum Gasteiger partial charge on any atom is 0.342 e. The summed E-state index contributed by atoms with van der Waals surface area (Å²) in [6, 6.07) is 15.2. The van der Waals surface area contributed by atoms with Crippen LogP contribution in [0, 0.1) is 0 Å². The zero-order chi connectivity index (χ0) is 17.9. The Bertz CT molecular complexity index is 1070. The minimum absolute atomic E-state index is 0.269. The van der Waals surface area contributed by atoms with E-state index in [2.05, 4.69) is 20.4 Å². The molecule has 1 amide bonds. The van der Waals surface area contributed by atoms with Gasteiger partial charge < -0.3 is 5.32 Å². The lowest BCUT2D eigenvalue weighted by atomic mass is 10.0. The van der Waals surface area contributed by atoms with Crippen LogP contribution in [0.4, 0.5) is 4.79 Å². The SMILES string of the molecule is CCNC(=O)n1cc(-c2ccnc3ccccc23)c(-c2ccccn2)n1. The smallest absolute Gasteiger partial charge is 0.336 e. The van der Waals surface area contributed by atoms with E-state index in [4.69, 9.17) is 0 Å². The Morgan fingerprint density at radius 1 is 1.00 bits per heavy atom. The van der Waals surface area contributed by atoms with Crippen molar-refractivity contribution in [2.24, 2.45) is 0 Å². The molecule has 0 unspecified atom stereocenters. The molecule has 0 fully saturated rings. The molecule has 0 saturated heterocycles. The number of fused-ring (bicyclic) bond motifs is 1. The maximum atomic E-state index is 12.3. The molecule has 0 aliphatic carbocycles. The first kappa shape index (κ1) is 16.0. The molecule has 0 spiro atoms. The molecular weight excluding hydrogens is 326 g/mol.